The van der Waals surface area contributed by atoms with Crippen molar-refractivity contribution in [1.82, 2.24) is 99.7 Å². The van der Waals surface area contributed by atoms with E-state index in [0.717, 1.165) is 128 Å². The SMILES string of the molecule is [O]=[Ti+2].[O]=[Ti+2].c1ccc(-c2nc3c(nc2-c2ccc(-c4nc5c(nc4-c4ccccc4)-c4nc-5nc5[n-]c(nc6nc(nc7[n-]c(n4)c4ccccc74)-c4ccccc4-6)c4ccccc54)cc2)-c2nc-3nc3[n-]c(nc4nc(nc5[n-]c(n2)c2ccccc52)-c2ccccc2-4)c2ccccc32)cc1. The van der Waals surface area contributed by atoms with Gasteiger partial charge in [0.05, 0.1) is 46.1 Å². The molecular weight excluding hydrogens is 1340 g/mol. The van der Waals surface area contributed by atoms with Crippen LogP contribution in [0, 0.1) is 0 Å². The second kappa shape index (κ2) is 24.4. The number of hydrogen-bond acceptors (Lipinski definition) is 18. The van der Waals surface area contributed by atoms with Crippen molar-refractivity contribution in [1.29, 1.82) is 0 Å². The smallest absolute Gasteiger partial charge is 0.121 e. The van der Waals surface area contributed by atoms with Crippen LogP contribution in [-0.2, 0) is 47.5 Å². The van der Waals surface area contributed by atoms with Gasteiger partial charge >= 0.3 is 47.5 Å². The molecule has 0 saturated carbocycles. The van der Waals surface area contributed by atoms with Gasteiger partial charge in [-0.15, -0.1) is 0 Å². The predicted molar refractivity (Wildman–Crippen MR) is 376 cm³/mol. The Bertz CT molecular complexity index is 6360. The van der Waals surface area contributed by atoms with Crippen LogP contribution in [0.4, 0.5) is 0 Å². The maximum Gasteiger partial charge on any atom is 0.121 e. The van der Waals surface area contributed by atoms with Gasteiger partial charge in [-0.05, 0) is 43.1 Å². The summed E-state index contributed by atoms with van der Waals surface area (Å²) in [6, 6.07) is 75.3. The average molecular weight is 1380 g/mol. The van der Waals surface area contributed by atoms with Crippen molar-refractivity contribution in [2.75, 3.05) is 0 Å². The molecule has 0 aliphatic carbocycles. The molecule has 0 spiro atoms. The summed E-state index contributed by atoms with van der Waals surface area (Å²) < 4.78 is 16.5. The fraction of sp³-hybridized carbons (Fsp3) is 0. The molecule has 17 aromatic rings. The summed E-state index contributed by atoms with van der Waals surface area (Å²) in [5.74, 6) is 2.96. The van der Waals surface area contributed by atoms with Gasteiger partial charge in [0, 0.05) is 89.7 Å². The molecule has 4 aliphatic heterocycles. The predicted octanol–water partition coefficient (Wildman–Crippen LogP) is 14.6. The third kappa shape index (κ3) is 9.87. The van der Waals surface area contributed by atoms with E-state index in [9.17, 15) is 0 Å². The quantitative estimate of drug-likeness (QED) is 0.148. The minimum Gasteiger partial charge on any atom is -0.357 e. The molecule has 470 valence electrons. The fourth-order valence-corrected chi connectivity index (χ4v) is 13.4. The molecule has 0 amide bonds. The van der Waals surface area contributed by atoms with Crippen LogP contribution in [0.1, 0.15) is 0 Å². The molecule has 0 atom stereocenters. The van der Waals surface area contributed by atoms with Crippen molar-refractivity contribution in [3.05, 3.63) is 231 Å². The third-order valence-electron chi connectivity index (χ3n) is 18.0. The average Bonchev–Trinajstić information content (AvgIpc) is 1.55. The van der Waals surface area contributed by atoms with Crippen molar-refractivity contribution < 1.29 is 47.5 Å². The molecule has 9 aromatic carbocycles. The van der Waals surface area contributed by atoms with Crippen molar-refractivity contribution in [3.63, 3.8) is 0 Å². The van der Waals surface area contributed by atoms with E-state index in [-0.39, 0.29) is 23.3 Å². The Labute approximate surface area is 598 Å². The molecular formula is C78H38N20O2Ti2. The number of hydrogen-bond donors (Lipinski definition) is 0. The summed E-state index contributed by atoms with van der Waals surface area (Å²) in [6.07, 6.45) is 0. The molecule has 24 heteroatoms. The van der Waals surface area contributed by atoms with Gasteiger partial charge in [0.25, 0.3) is 0 Å². The van der Waals surface area contributed by atoms with E-state index >= 15 is 0 Å². The van der Waals surface area contributed by atoms with Gasteiger partial charge < -0.3 is 59.8 Å². The number of benzene rings is 9. The number of rotatable bonds is 4. The van der Waals surface area contributed by atoms with Gasteiger partial charge in [0.2, 0.25) is 0 Å². The first-order valence-electron chi connectivity index (χ1n) is 32.0. The van der Waals surface area contributed by atoms with Gasteiger partial charge in [0.1, 0.15) is 46.1 Å². The first-order valence-corrected chi connectivity index (χ1v) is 33.2. The van der Waals surface area contributed by atoms with Gasteiger partial charge in [-0.25, -0.2) is 39.9 Å². The molecule has 0 radical (unpaired) electrons. The van der Waals surface area contributed by atoms with Gasteiger partial charge in [0.15, 0.2) is 0 Å². The number of nitrogens with zero attached hydrogens (tertiary/aromatic N) is 20. The molecule has 22 nitrogen and oxygen atoms in total. The Balaban J connectivity index is 0.00000177. The monoisotopic (exact) mass is 1380 g/mol. The number of fused-ring (bicyclic) bond motifs is 40. The summed E-state index contributed by atoms with van der Waals surface area (Å²) >= 11 is 1.50. The van der Waals surface area contributed by atoms with E-state index < -0.39 is 0 Å². The van der Waals surface area contributed by atoms with E-state index in [0.29, 0.717) is 114 Å². The van der Waals surface area contributed by atoms with Crippen molar-refractivity contribution in [3.8, 4) is 137 Å². The van der Waals surface area contributed by atoms with E-state index in [1.54, 1.807) is 0 Å². The second-order valence-corrected chi connectivity index (χ2v) is 23.8. The summed E-state index contributed by atoms with van der Waals surface area (Å²) in [5, 5.41) is 6.23. The van der Waals surface area contributed by atoms with E-state index in [1.165, 1.54) is 0 Å². The Morgan fingerprint density at radius 3 is 0.569 bits per heavy atom. The van der Waals surface area contributed by atoms with Crippen LogP contribution < -0.4 is 19.9 Å². The van der Waals surface area contributed by atoms with E-state index in [1.807, 2.05) is 231 Å². The van der Waals surface area contributed by atoms with Crippen molar-refractivity contribution in [2.45, 2.75) is 0 Å². The van der Waals surface area contributed by atoms with Crippen LogP contribution >= 0.6 is 0 Å². The van der Waals surface area contributed by atoms with E-state index in [4.69, 9.17) is 106 Å². The minimum atomic E-state index is 0.260. The topological polar surface area (TPSA) is 297 Å². The zero-order valence-electron chi connectivity index (χ0n) is 52.7. The summed E-state index contributed by atoms with van der Waals surface area (Å²) in [7, 11) is 0. The molecule has 16 bridgehead atoms. The van der Waals surface area contributed by atoms with Crippen LogP contribution in [-0.4, -0.2) is 79.7 Å². The van der Waals surface area contributed by atoms with Gasteiger partial charge in [-0.3, -0.25) is 0 Å². The summed E-state index contributed by atoms with van der Waals surface area (Å²) in [5.41, 5.74) is 13.7. The third-order valence-corrected chi connectivity index (χ3v) is 18.0. The zero-order chi connectivity index (χ0) is 68.1. The van der Waals surface area contributed by atoms with Crippen LogP contribution in [0.3, 0.4) is 0 Å². The molecule has 21 rings (SSSR count). The Kier molecular flexibility index (Phi) is 14.4. The van der Waals surface area contributed by atoms with Gasteiger partial charge in [-0.1, -0.05) is 231 Å². The number of aromatic nitrogens is 20. The van der Waals surface area contributed by atoms with Gasteiger partial charge in [-0.2, -0.15) is 0 Å². The normalized spacial score (nSPS) is 11.7. The molecule has 0 fully saturated rings. The second-order valence-electron chi connectivity index (χ2n) is 23.8. The van der Waals surface area contributed by atoms with Crippen LogP contribution in [0.2, 0.25) is 0 Å². The Morgan fingerprint density at radius 2 is 0.343 bits per heavy atom. The largest absolute Gasteiger partial charge is 0.357 e. The van der Waals surface area contributed by atoms with Crippen LogP contribution in [0.5, 0.6) is 0 Å². The molecule has 0 unspecified atom stereocenters. The van der Waals surface area contributed by atoms with Crippen LogP contribution in [0.15, 0.2) is 231 Å². The van der Waals surface area contributed by atoms with Crippen molar-refractivity contribution >= 4 is 88.3 Å². The van der Waals surface area contributed by atoms with Crippen molar-refractivity contribution in [2.24, 2.45) is 0 Å². The van der Waals surface area contributed by atoms with E-state index in [2.05, 4.69) is 0 Å². The Morgan fingerprint density at radius 1 is 0.167 bits per heavy atom. The van der Waals surface area contributed by atoms with Crippen LogP contribution in [0.25, 0.3) is 225 Å². The molecule has 0 saturated heterocycles. The maximum atomic E-state index is 8.25. The molecule has 12 heterocycles. The molecule has 102 heavy (non-hydrogen) atoms. The first kappa shape index (κ1) is 60.1. The maximum absolute atomic E-state index is 8.25. The molecule has 4 aliphatic rings. The Hall–Kier alpha value is -13.1. The zero-order valence-corrected chi connectivity index (χ0v) is 55.8. The minimum absolute atomic E-state index is 0.260. The molecule has 0 N–H and O–H groups in total. The molecule has 8 aromatic heterocycles. The summed E-state index contributed by atoms with van der Waals surface area (Å²) in [4.78, 5) is 104. The standard InChI is InChI=1S/C78H38N20.2O.2Ti/c1-3-19-39(20-4-1)55-57(81-61-59(79-55)75-93-71-51-31-15-11-27-47(51)67(89-71)85-63-43-23-7-9-25-45(43)65(83-63)87-69-49-29-13-17-33-53(49)73(91-69)95-77(61)97-75)41-35-37-42(38-36-41)58-56(40-21-5-2-6-22-40)80-60-62(82-58)78-96-74-54-34-18-14-30-50(54)70(92-74)88-66-46-26-10-8-24-44(46)64(84-66)86-68-48-28-12-16-32-52(48)72(90-68)94-76(60)98-78;;;;/h1-38H;;;;/q-4;;;2*+2. The first-order chi connectivity index (χ1) is 50.5. The fourth-order valence-electron chi connectivity index (χ4n) is 13.4. The summed E-state index contributed by atoms with van der Waals surface area (Å²) in [6.45, 7) is 0.